The zero-order chi connectivity index (χ0) is 12.7. The Morgan fingerprint density at radius 1 is 1.29 bits per heavy atom. The van der Waals surface area contributed by atoms with Crippen LogP contribution in [0.25, 0.3) is 0 Å². The van der Waals surface area contributed by atoms with Crippen LogP contribution < -0.4 is 4.90 Å². The van der Waals surface area contributed by atoms with Crippen LogP contribution in [0.1, 0.15) is 45.7 Å². The zero-order valence-electron chi connectivity index (χ0n) is 11.1. The molecule has 0 fully saturated rings. The van der Waals surface area contributed by atoms with E-state index in [1.807, 2.05) is 0 Å². The Kier molecular flexibility index (Phi) is 5.91. The third kappa shape index (κ3) is 4.30. The second-order valence-electron chi connectivity index (χ2n) is 4.52. The van der Waals surface area contributed by atoms with Gasteiger partial charge in [0.2, 0.25) is 0 Å². The molecule has 96 valence electrons. The average molecular weight is 237 g/mol. The first-order chi connectivity index (χ1) is 8.19. The smallest absolute Gasteiger partial charge is 0.147 e. The average Bonchev–Trinajstić information content (AvgIpc) is 2.34. The lowest BCUT2D eigenvalue weighted by atomic mass is 10.2. The molecule has 17 heavy (non-hydrogen) atoms. The summed E-state index contributed by atoms with van der Waals surface area (Å²) < 4.78 is 0. The summed E-state index contributed by atoms with van der Waals surface area (Å²) in [4.78, 5) is 10.8. The van der Waals surface area contributed by atoms with Crippen molar-refractivity contribution in [2.75, 3.05) is 11.4 Å². The molecule has 1 aromatic rings. The van der Waals surface area contributed by atoms with Gasteiger partial charge in [0.25, 0.3) is 0 Å². The van der Waals surface area contributed by atoms with Crippen LogP contribution in [0.15, 0.2) is 12.4 Å². The molecule has 0 aliphatic carbocycles. The van der Waals surface area contributed by atoms with E-state index in [4.69, 9.17) is 5.11 Å². The second-order valence-corrected chi connectivity index (χ2v) is 4.52. The Labute approximate surface area is 104 Å². The third-order valence-electron chi connectivity index (χ3n) is 2.75. The second kappa shape index (κ2) is 7.22. The van der Waals surface area contributed by atoms with Gasteiger partial charge in [0.1, 0.15) is 5.82 Å². The van der Waals surface area contributed by atoms with Gasteiger partial charge in [0.15, 0.2) is 0 Å². The SMILES string of the molecule is CCCCCN(c1cncc(CO)n1)C(C)C. The standard InChI is InChI=1S/C13H23N3O/c1-4-5-6-7-16(11(2)3)13-9-14-8-12(10-17)15-13/h8-9,11,17H,4-7,10H2,1-3H3. The van der Waals surface area contributed by atoms with E-state index in [9.17, 15) is 0 Å². The van der Waals surface area contributed by atoms with Gasteiger partial charge in [0.05, 0.1) is 24.7 Å². The molecule has 0 aromatic carbocycles. The molecule has 1 rings (SSSR count). The summed E-state index contributed by atoms with van der Waals surface area (Å²) in [5, 5.41) is 9.08. The van der Waals surface area contributed by atoms with Crippen molar-refractivity contribution in [1.29, 1.82) is 0 Å². The van der Waals surface area contributed by atoms with Gasteiger partial charge < -0.3 is 10.0 Å². The minimum atomic E-state index is -0.0538. The molecule has 1 N–H and O–H groups in total. The highest BCUT2D eigenvalue weighted by Gasteiger charge is 2.12. The van der Waals surface area contributed by atoms with Gasteiger partial charge in [-0.1, -0.05) is 19.8 Å². The van der Waals surface area contributed by atoms with E-state index in [0.717, 1.165) is 12.4 Å². The summed E-state index contributed by atoms with van der Waals surface area (Å²) in [5.74, 6) is 0.864. The number of nitrogens with zero attached hydrogens (tertiary/aromatic N) is 3. The van der Waals surface area contributed by atoms with Crippen LogP contribution in [0.2, 0.25) is 0 Å². The van der Waals surface area contributed by atoms with Crippen LogP contribution in [-0.2, 0) is 6.61 Å². The van der Waals surface area contributed by atoms with Gasteiger partial charge >= 0.3 is 0 Å². The molecule has 0 saturated carbocycles. The molecule has 1 aromatic heterocycles. The summed E-state index contributed by atoms with van der Waals surface area (Å²) in [5.41, 5.74) is 0.628. The molecule has 0 amide bonds. The van der Waals surface area contributed by atoms with Crippen LogP contribution in [-0.4, -0.2) is 27.7 Å². The quantitative estimate of drug-likeness (QED) is 0.740. The Balaban J connectivity index is 2.74. The van der Waals surface area contributed by atoms with E-state index in [1.54, 1.807) is 12.4 Å². The highest BCUT2D eigenvalue weighted by Crippen LogP contribution is 2.14. The first-order valence-electron chi connectivity index (χ1n) is 6.37. The first kappa shape index (κ1) is 13.9. The van der Waals surface area contributed by atoms with Crippen molar-refractivity contribution < 1.29 is 5.11 Å². The highest BCUT2D eigenvalue weighted by molar-refractivity contribution is 5.37. The van der Waals surface area contributed by atoms with Crippen molar-refractivity contribution in [2.45, 2.75) is 52.7 Å². The van der Waals surface area contributed by atoms with Crippen molar-refractivity contribution in [1.82, 2.24) is 9.97 Å². The molecule has 0 radical (unpaired) electrons. The number of rotatable bonds is 7. The lowest BCUT2D eigenvalue weighted by Gasteiger charge is -2.27. The number of aliphatic hydroxyl groups is 1. The van der Waals surface area contributed by atoms with Crippen molar-refractivity contribution in [3.05, 3.63) is 18.1 Å². The number of aromatic nitrogens is 2. The van der Waals surface area contributed by atoms with Gasteiger partial charge in [-0.25, -0.2) is 4.98 Å². The van der Waals surface area contributed by atoms with Gasteiger partial charge in [0, 0.05) is 12.6 Å². The topological polar surface area (TPSA) is 49.2 Å². The van der Waals surface area contributed by atoms with Crippen LogP contribution in [0.4, 0.5) is 5.82 Å². The maximum atomic E-state index is 9.08. The highest BCUT2D eigenvalue weighted by atomic mass is 16.3. The normalized spacial score (nSPS) is 10.9. The fourth-order valence-corrected chi connectivity index (χ4v) is 1.78. The number of unbranched alkanes of at least 4 members (excludes halogenated alkanes) is 2. The molecule has 0 atom stereocenters. The van der Waals surface area contributed by atoms with Crippen LogP contribution in [0.3, 0.4) is 0 Å². The summed E-state index contributed by atoms with van der Waals surface area (Å²) >= 11 is 0. The molecule has 0 saturated heterocycles. The zero-order valence-corrected chi connectivity index (χ0v) is 11.1. The van der Waals surface area contributed by atoms with Crippen LogP contribution >= 0.6 is 0 Å². The van der Waals surface area contributed by atoms with Gasteiger partial charge in [-0.2, -0.15) is 0 Å². The van der Waals surface area contributed by atoms with Gasteiger partial charge in [-0.3, -0.25) is 4.98 Å². The molecule has 4 nitrogen and oxygen atoms in total. The van der Waals surface area contributed by atoms with Crippen LogP contribution in [0.5, 0.6) is 0 Å². The summed E-state index contributed by atoms with van der Waals surface area (Å²) in [6, 6.07) is 0.398. The molecule has 0 aliphatic rings. The fraction of sp³-hybridized carbons (Fsp3) is 0.692. The van der Waals surface area contributed by atoms with E-state index < -0.39 is 0 Å². The number of aliphatic hydroxyl groups excluding tert-OH is 1. The van der Waals surface area contributed by atoms with E-state index in [1.165, 1.54) is 19.3 Å². The van der Waals surface area contributed by atoms with E-state index in [2.05, 4.69) is 35.6 Å². The summed E-state index contributed by atoms with van der Waals surface area (Å²) in [6.07, 6.45) is 6.99. The molecule has 0 spiro atoms. The predicted octanol–water partition coefficient (Wildman–Crippen LogP) is 2.37. The molecular formula is C13H23N3O. The minimum absolute atomic E-state index is 0.0538. The molecule has 4 heteroatoms. The minimum Gasteiger partial charge on any atom is -0.390 e. The fourth-order valence-electron chi connectivity index (χ4n) is 1.78. The van der Waals surface area contributed by atoms with Crippen molar-refractivity contribution >= 4 is 5.82 Å². The Hall–Kier alpha value is -1.16. The maximum Gasteiger partial charge on any atom is 0.147 e. The largest absolute Gasteiger partial charge is 0.390 e. The van der Waals surface area contributed by atoms with E-state index >= 15 is 0 Å². The first-order valence-corrected chi connectivity index (χ1v) is 6.37. The van der Waals surface area contributed by atoms with E-state index in [0.29, 0.717) is 11.7 Å². The predicted molar refractivity (Wildman–Crippen MR) is 70.0 cm³/mol. The lowest BCUT2D eigenvalue weighted by Crippen LogP contribution is -2.32. The number of anilines is 1. The van der Waals surface area contributed by atoms with Crippen molar-refractivity contribution in [3.63, 3.8) is 0 Å². The third-order valence-corrected chi connectivity index (χ3v) is 2.75. The Morgan fingerprint density at radius 3 is 2.65 bits per heavy atom. The van der Waals surface area contributed by atoms with Crippen molar-refractivity contribution in [3.8, 4) is 0 Å². The Morgan fingerprint density at radius 2 is 2.06 bits per heavy atom. The monoisotopic (exact) mass is 237 g/mol. The molecule has 0 bridgehead atoms. The van der Waals surface area contributed by atoms with E-state index in [-0.39, 0.29) is 6.61 Å². The van der Waals surface area contributed by atoms with Crippen molar-refractivity contribution in [2.24, 2.45) is 0 Å². The molecule has 0 aliphatic heterocycles. The molecule has 0 unspecified atom stereocenters. The number of hydrogen-bond acceptors (Lipinski definition) is 4. The van der Waals surface area contributed by atoms with Crippen LogP contribution in [0, 0.1) is 0 Å². The van der Waals surface area contributed by atoms with Gasteiger partial charge in [-0.15, -0.1) is 0 Å². The maximum absolute atomic E-state index is 9.08. The molecular weight excluding hydrogens is 214 g/mol. The number of hydrogen-bond donors (Lipinski definition) is 1. The summed E-state index contributed by atoms with van der Waals surface area (Å²) in [7, 11) is 0. The molecule has 1 heterocycles. The Bertz CT molecular complexity index is 328. The summed E-state index contributed by atoms with van der Waals surface area (Å²) in [6.45, 7) is 7.45. The van der Waals surface area contributed by atoms with Gasteiger partial charge in [-0.05, 0) is 20.3 Å². The lowest BCUT2D eigenvalue weighted by molar-refractivity contribution is 0.276.